The van der Waals surface area contributed by atoms with E-state index in [9.17, 15) is 0 Å². The second-order valence-corrected chi connectivity index (χ2v) is 23.8. The Balaban J connectivity index is 1.59. The van der Waals surface area contributed by atoms with Crippen LogP contribution in [0.1, 0.15) is 19.3 Å². The molecule has 2 nitrogen and oxygen atoms in total. The number of unbranched alkanes of at least 4 members (excludes halogenated alkanes) is 2. The lowest BCUT2D eigenvalue weighted by molar-refractivity contribution is 0.405. The molecule has 0 bridgehead atoms. The summed E-state index contributed by atoms with van der Waals surface area (Å²) in [7, 11) is -10.0. The Kier molecular flexibility index (Phi) is 11.7. The van der Waals surface area contributed by atoms with E-state index in [-0.39, 0.29) is 0 Å². The molecule has 7 aromatic rings. The summed E-state index contributed by atoms with van der Waals surface area (Å²) in [5.41, 5.74) is 0. The molecule has 0 saturated heterocycles. The first-order chi connectivity index (χ1) is 26.2. The van der Waals surface area contributed by atoms with E-state index < -0.39 is 25.2 Å². The minimum absolute atomic E-state index is 0.785. The summed E-state index contributed by atoms with van der Waals surface area (Å²) >= 11 is 0. The predicted octanol–water partition coefficient (Wildman–Crippen LogP) is 7.06. The highest BCUT2D eigenvalue weighted by Crippen LogP contribution is 2.28. The van der Waals surface area contributed by atoms with E-state index in [0.29, 0.717) is 0 Å². The summed E-state index contributed by atoms with van der Waals surface area (Å²) in [5.74, 6) is 0. The molecule has 0 aliphatic heterocycles. The second-order valence-electron chi connectivity index (χ2n) is 13.4. The van der Waals surface area contributed by atoms with E-state index in [2.05, 4.69) is 219 Å². The zero-order valence-corrected chi connectivity index (χ0v) is 33.1. The molecule has 262 valence electrons. The fourth-order valence-corrected chi connectivity index (χ4v) is 24.4. The first kappa shape index (κ1) is 36.2. The number of hydrogen-bond donors (Lipinski definition) is 0. The van der Waals surface area contributed by atoms with Crippen molar-refractivity contribution >= 4 is 61.5 Å². The van der Waals surface area contributed by atoms with Crippen molar-refractivity contribution in [3.8, 4) is 0 Å². The van der Waals surface area contributed by atoms with E-state index in [0.717, 1.165) is 30.5 Å². The normalized spacial score (nSPS) is 11.9. The number of allylic oxidation sites excluding steroid dienone is 1. The molecule has 7 aromatic carbocycles. The number of benzene rings is 7. The summed E-state index contributed by atoms with van der Waals surface area (Å²) in [6.45, 7) is 4.07. The molecule has 0 unspecified atom stereocenters. The van der Waals surface area contributed by atoms with Crippen LogP contribution in [0.15, 0.2) is 225 Å². The van der Waals surface area contributed by atoms with Gasteiger partial charge < -0.3 is 8.23 Å². The lowest BCUT2D eigenvalue weighted by Gasteiger charge is -2.47. The quantitative estimate of drug-likeness (QED) is 0.0458. The summed E-state index contributed by atoms with van der Waals surface area (Å²) in [6.07, 6.45) is 4.92. The molecule has 0 spiro atoms. The smallest absolute Gasteiger partial charge is 0.353 e. The van der Waals surface area contributed by atoms with Crippen molar-refractivity contribution < 1.29 is 8.23 Å². The Bertz CT molecular complexity index is 1810. The van der Waals surface area contributed by atoms with Gasteiger partial charge in [-0.25, -0.2) is 0 Å². The third-order valence-electron chi connectivity index (χ3n) is 10.1. The minimum atomic E-state index is -3.50. The van der Waals surface area contributed by atoms with E-state index in [1.54, 1.807) is 0 Å². The standard InChI is InChI=1S/C48H46O2Si3/c1-2-3-4-26-41-51(42-27-12-5-13-28-42,49-52(43-29-14-6-15-30-43,44-31-16-7-17-32-44)45-33-18-8-19-34-45)50-53(46-35-20-9-21-36-46,47-37-22-10-23-38-47)48-39-24-11-25-40-48/h2,5-25,27-40H,1,3-4,26,41H2. The number of rotatable bonds is 16. The summed E-state index contributed by atoms with van der Waals surface area (Å²) in [4.78, 5) is 0. The summed E-state index contributed by atoms with van der Waals surface area (Å²) < 4.78 is 17.1. The third kappa shape index (κ3) is 7.53. The molecule has 0 heterocycles. The van der Waals surface area contributed by atoms with Gasteiger partial charge in [-0.1, -0.05) is 225 Å². The highest BCUT2D eigenvalue weighted by Gasteiger charge is 2.57. The molecule has 0 aromatic heterocycles. The molecule has 0 N–H and O–H groups in total. The van der Waals surface area contributed by atoms with Gasteiger partial charge in [-0.15, -0.1) is 6.58 Å². The van der Waals surface area contributed by atoms with E-state index in [1.807, 2.05) is 6.08 Å². The molecular formula is C48H46O2Si3. The zero-order valence-electron chi connectivity index (χ0n) is 30.1. The molecule has 0 atom stereocenters. The average molecular weight is 739 g/mol. The summed E-state index contributed by atoms with van der Waals surface area (Å²) in [5, 5.41) is 8.35. The van der Waals surface area contributed by atoms with Gasteiger partial charge in [0.1, 0.15) is 0 Å². The SMILES string of the molecule is C=CCCCC[Si](O[Si](c1ccccc1)(c1ccccc1)c1ccccc1)(O[Si](c1ccccc1)(c1ccccc1)c1ccccc1)c1ccccc1. The Morgan fingerprint density at radius 1 is 0.340 bits per heavy atom. The Morgan fingerprint density at radius 3 is 0.830 bits per heavy atom. The maximum absolute atomic E-state index is 8.53. The van der Waals surface area contributed by atoms with Crippen molar-refractivity contribution in [2.24, 2.45) is 0 Å². The first-order valence-corrected chi connectivity index (χ1v) is 24.5. The highest BCUT2D eigenvalue weighted by atomic mass is 28.5. The molecule has 7 rings (SSSR count). The van der Waals surface area contributed by atoms with Crippen molar-refractivity contribution in [3.63, 3.8) is 0 Å². The van der Waals surface area contributed by atoms with Crippen LogP contribution in [-0.4, -0.2) is 25.2 Å². The van der Waals surface area contributed by atoms with Crippen LogP contribution in [0.3, 0.4) is 0 Å². The topological polar surface area (TPSA) is 18.5 Å². The largest absolute Gasteiger partial charge is 0.422 e. The second kappa shape index (κ2) is 17.1. The summed E-state index contributed by atoms with van der Waals surface area (Å²) in [6, 6.07) is 77.4. The lowest BCUT2D eigenvalue weighted by atomic mass is 10.2. The molecule has 5 heteroatoms. The van der Waals surface area contributed by atoms with Gasteiger partial charge in [0, 0.05) is 0 Å². The molecule has 0 aliphatic carbocycles. The van der Waals surface area contributed by atoms with E-state index >= 15 is 0 Å². The zero-order chi connectivity index (χ0) is 36.2. The molecule has 0 fully saturated rings. The minimum Gasteiger partial charge on any atom is -0.422 e. The molecule has 0 amide bonds. The van der Waals surface area contributed by atoms with Crippen LogP contribution >= 0.6 is 0 Å². The predicted molar refractivity (Wildman–Crippen MR) is 231 cm³/mol. The lowest BCUT2D eigenvalue weighted by Crippen LogP contribution is -2.80. The van der Waals surface area contributed by atoms with Crippen LogP contribution in [0.2, 0.25) is 6.04 Å². The van der Waals surface area contributed by atoms with Crippen molar-refractivity contribution in [2.45, 2.75) is 25.3 Å². The third-order valence-corrected chi connectivity index (χ3v) is 24.3. The van der Waals surface area contributed by atoms with Gasteiger partial charge in [0.25, 0.3) is 16.6 Å². The van der Waals surface area contributed by atoms with Crippen LogP contribution < -0.4 is 36.3 Å². The van der Waals surface area contributed by atoms with Gasteiger partial charge in [0.15, 0.2) is 0 Å². The molecule has 0 aliphatic rings. The van der Waals surface area contributed by atoms with E-state index in [1.165, 1.54) is 31.1 Å². The maximum atomic E-state index is 8.53. The Morgan fingerprint density at radius 2 is 0.585 bits per heavy atom. The van der Waals surface area contributed by atoms with Crippen LogP contribution in [0.5, 0.6) is 0 Å². The van der Waals surface area contributed by atoms with Crippen LogP contribution in [0.4, 0.5) is 0 Å². The van der Waals surface area contributed by atoms with Gasteiger partial charge in [0.05, 0.1) is 0 Å². The van der Waals surface area contributed by atoms with Gasteiger partial charge >= 0.3 is 8.56 Å². The highest BCUT2D eigenvalue weighted by molar-refractivity contribution is 7.15. The van der Waals surface area contributed by atoms with Gasteiger partial charge in [-0.05, 0) is 55.2 Å². The van der Waals surface area contributed by atoms with Crippen molar-refractivity contribution in [2.75, 3.05) is 0 Å². The van der Waals surface area contributed by atoms with Gasteiger partial charge in [-0.2, -0.15) is 0 Å². The van der Waals surface area contributed by atoms with E-state index in [4.69, 9.17) is 8.23 Å². The van der Waals surface area contributed by atoms with Gasteiger partial charge in [0.2, 0.25) is 0 Å². The fourth-order valence-electron chi connectivity index (χ4n) is 7.61. The van der Waals surface area contributed by atoms with Crippen LogP contribution in [-0.2, 0) is 8.23 Å². The monoisotopic (exact) mass is 738 g/mol. The Labute approximate surface area is 318 Å². The molecule has 0 saturated carbocycles. The number of hydrogen-bond acceptors (Lipinski definition) is 2. The molecule has 0 radical (unpaired) electrons. The van der Waals surface area contributed by atoms with Crippen LogP contribution in [0, 0.1) is 0 Å². The first-order valence-electron chi connectivity index (χ1n) is 18.6. The van der Waals surface area contributed by atoms with Gasteiger partial charge in [-0.3, -0.25) is 0 Å². The Hall–Kier alpha value is -5.15. The van der Waals surface area contributed by atoms with Crippen molar-refractivity contribution in [3.05, 3.63) is 225 Å². The van der Waals surface area contributed by atoms with Crippen molar-refractivity contribution in [1.29, 1.82) is 0 Å². The van der Waals surface area contributed by atoms with Crippen LogP contribution in [0.25, 0.3) is 0 Å². The molecule has 53 heavy (non-hydrogen) atoms. The maximum Gasteiger partial charge on any atom is 0.353 e. The molecular weight excluding hydrogens is 693 g/mol. The fraction of sp³-hybridized carbons (Fsp3) is 0.0833. The van der Waals surface area contributed by atoms with Crippen molar-refractivity contribution in [1.82, 2.24) is 0 Å². The average Bonchev–Trinajstić information content (AvgIpc) is 3.25.